The van der Waals surface area contributed by atoms with Crippen LogP contribution in [0.3, 0.4) is 0 Å². The number of halogens is 1. The molecule has 1 unspecified atom stereocenters. The number of carbonyl (C=O) groups is 1. The fraction of sp³-hybridized carbons (Fsp3) is 0.294. The zero-order valence-electron chi connectivity index (χ0n) is 12.3. The maximum atomic E-state index is 12.3. The standard InChI is InChI=1S/C17H17ClN2OS/c1-11-15(12-7-9-14(18)10-8-12)19-17(22-11)20-16(21)13-5-3-2-4-6-13/h2-3,7-10,13H,4-6H2,1H3,(H,19,20,21). The molecule has 0 aliphatic heterocycles. The Hall–Kier alpha value is -1.65. The van der Waals surface area contributed by atoms with Crippen LogP contribution in [0, 0.1) is 12.8 Å². The topological polar surface area (TPSA) is 42.0 Å². The lowest BCUT2D eigenvalue weighted by Gasteiger charge is -2.15. The van der Waals surface area contributed by atoms with E-state index in [0.717, 1.165) is 35.4 Å². The normalized spacial score (nSPS) is 17.5. The van der Waals surface area contributed by atoms with E-state index in [0.29, 0.717) is 10.2 Å². The number of aromatic nitrogens is 1. The predicted octanol–water partition coefficient (Wildman–Crippen LogP) is 5.07. The van der Waals surface area contributed by atoms with E-state index in [4.69, 9.17) is 11.6 Å². The zero-order chi connectivity index (χ0) is 15.5. The number of nitrogens with zero attached hydrogens (tertiary/aromatic N) is 1. The molecule has 1 aliphatic rings. The third kappa shape index (κ3) is 3.39. The van der Waals surface area contributed by atoms with Crippen molar-refractivity contribution >= 4 is 34.0 Å². The van der Waals surface area contributed by atoms with E-state index in [1.165, 1.54) is 11.3 Å². The predicted molar refractivity (Wildman–Crippen MR) is 92.4 cm³/mol. The molecule has 114 valence electrons. The number of benzene rings is 1. The summed E-state index contributed by atoms with van der Waals surface area (Å²) in [6.07, 6.45) is 6.93. The highest BCUT2D eigenvalue weighted by molar-refractivity contribution is 7.16. The molecule has 1 aliphatic carbocycles. The minimum absolute atomic E-state index is 0.0631. The number of nitrogens with one attached hydrogen (secondary N) is 1. The first-order valence-corrected chi connectivity index (χ1v) is 8.52. The lowest BCUT2D eigenvalue weighted by atomic mass is 9.94. The Balaban J connectivity index is 1.76. The molecule has 3 nitrogen and oxygen atoms in total. The maximum Gasteiger partial charge on any atom is 0.229 e. The van der Waals surface area contributed by atoms with Gasteiger partial charge in [-0.15, -0.1) is 11.3 Å². The summed E-state index contributed by atoms with van der Waals surface area (Å²) in [5.74, 6) is 0.133. The lowest BCUT2D eigenvalue weighted by molar-refractivity contribution is -0.120. The summed E-state index contributed by atoms with van der Waals surface area (Å²) in [6, 6.07) is 7.59. The molecule has 0 saturated heterocycles. The molecule has 22 heavy (non-hydrogen) atoms. The Morgan fingerprint density at radius 1 is 1.32 bits per heavy atom. The van der Waals surface area contributed by atoms with Crippen LogP contribution in [0.5, 0.6) is 0 Å². The molecule has 0 bridgehead atoms. The molecule has 0 fully saturated rings. The first kappa shape index (κ1) is 15.3. The highest BCUT2D eigenvalue weighted by Crippen LogP contribution is 2.31. The van der Waals surface area contributed by atoms with Crippen molar-refractivity contribution in [2.75, 3.05) is 5.32 Å². The van der Waals surface area contributed by atoms with Crippen LogP contribution >= 0.6 is 22.9 Å². The van der Waals surface area contributed by atoms with E-state index < -0.39 is 0 Å². The van der Waals surface area contributed by atoms with Crippen molar-refractivity contribution in [2.24, 2.45) is 5.92 Å². The van der Waals surface area contributed by atoms with Crippen LogP contribution in [0.25, 0.3) is 11.3 Å². The van der Waals surface area contributed by atoms with Crippen LogP contribution in [0.1, 0.15) is 24.1 Å². The second kappa shape index (κ2) is 6.63. The Labute approximate surface area is 139 Å². The van der Waals surface area contributed by atoms with Gasteiger partial charge >= 0.3 is 0 Å². The maximum absolute atomic E-state index is 12.3. The summed E-state index contributed by atoms with van der Waals surface area (Å²) in [7, 11) is 0. The number of carbonyl (C=O) groups excluding carboxylic acids is 1. The summed E-state index contributed by atoms with van der Waals surface area (Å²) in [5, 5.41) is 4.34. The van der Waals surface area contributed by atoms with Crippen molar-refractivity contribution in [1.82, 2.24) is 4.98 Å². The van der Waals surface area contributed by atoms with Gasteiger partial charge in [-0.2, -0.15) is 0 Å². The van der Waals surface area contributed by atoms with Crippen LogP contribution in [-0.2, 0) is 4.79 Å². The van der Waals surface area contributed by atoms with Crippen molar-refractivity contribution in [3.8, 4) is 11.3 Å². The highest BCUT2D eigenvalue weighted by Gasteiger charge is 2.20. The summed E-state index contributed by atoms with van der Waals surface area (Å²) in [4.78, 5) is 17.9. The number of thiazole rings is 1. The molecule has 0 radical (unpaired) electrons. The first-order chi connectivity index (χ1) is 10.6. The molecule has 0 spiro atoms. The average molecular weight is 333 g/mol. The van der Waals surface area contributed by atoms with Crippen LogP contribution < -0.4 is 5.32 Å². The molecule has 1 N–H and O–H groups in total. The van der Waals surface area contributed by atoms with Crippen molar-refractivity contribution in [2.45, 2.75) is 26.2 Å². The number of hydrogen-bond donors (Lipinski definition) is 1. The van der Waals surface area contributed by atoms with Gasteiger partial charge in [-0.05, 0) is 38.3 Å². The fourth-order valence-electron chi connectivity index (χ4n) is 2.56. The summed E-state index contributed by atoms with van der Waals surface area (Å²) < 4.78 is 0. The van der Waals surface area contributed by atoms with Crippen LogP contribution in [0.2, 0.25) is 5.02 Å². The second-order valence-corrected chi connectivity index (χ2v) is 7.04. The van der Waals surface area contributed by atoms with Crippen molar-refractivity contribution in [3.05, 3.63) is 46.3 Å². The fourth-order valence-corrected chi connectivity index (χ4v) is 3.53. The van der Waals surface area contributed by atoms with E-state index in [1.807, 2.05) is 31.2 Å². The third-order valence-corrected chi connectivity index (χ3v) is 4.92. The minimum Gasteiger partial charge on any atom is -0.302 e. The number of hydrogen-bond acceptors (Lipinski definition) is 3. The molecular weight excluding hydrogens is 316 g/mol. The summed E-state index contributed by atoms with van der Waals surface area (Å²) >= 11 is 7.43. The molecule has 1 amide bonds. The quantitative estimate of drug-likeness (QED) is 0.797. The average Bonchev–Trinajstić information content (AvgIpc) is 2.89. The van der Waals surface area contributed by atoms with Gasteiger partial charge in [0.2, 0.25) is 5.91 Å². The SMILES string of the molecule is Cc1sc(NC(=O)C2CC=CCC2)nc1-c1ccc(Cl)cc1. The lowest BCUT2D eigenvalue weighted by Crippen LogP contribution is -2.23. The highest BCUT2D eigenvalue weighted by atomic mass is 35.5. The van der Waals surface area contributed by atoms with Gasteiger partial charge in [0.25, 0.3) is 0 Å². The largest absolute Gasteiger partial charge is 0.302 e. The molecule has 1 aromatic carbocycles. The van der Waals surface area contributed by atoms with E-state index in [2.05, 4.69) is 22.5 Å². The van der Waals surface area contributed by atoms with Gasteiger partial charge < -0.3 is 5.32 Å². The number of rotatable bonds is 3. The van der Waals surface area contributed by atoms with E-state index in [-0.39, 0.29) is 11.8 Å². The van der Waals surface area contributed by atoms with E-state index >= 15 is 0 Å². The Bertz CT molecular complexity index is 706. The van der Waals surface area contributed by atoms with E-state index in [1.54, 1.807) is 0 Å². The molecule has 1 atom stereocenters. The number of aryl methyl sites for hydroxylation is 1. The smallest absolute Gasteiger partial charge is 0.229 e. The number of anilines is 1. The van der Waals surface area contributed by atoms with Crippen LogP contribution in [-0.4, -0.2) is 10.9 Å². The molecule has 2 aromatic rings. The van der Waals surface area contributed by atoms with Gasteiger partial charge in [0.05, 0.1) is 5.69 Å². The molecule has 0 saturated carbocycles. The van der Waals surface area contributed by atoms with Crippen LogP contribution in [0.15, 0.2) is 36.4 Å². The zero-order valence-corrected chi connectivity index (χ0v) is 13.9. The minimum atomic E-state index is 0.0631. The van der Waals surface area contributed by atoms with Gasteiger partial charge in [-0.3, -0.25) is 4.79 Å². The van der Waals surface area contributed by atoms with Crippen molar-refractivity contribution in [3.63, 3.8) is 0 Å². The first-order valence-electron chi connectivity index (χ1n) is 7.32. The van der Waals surface area contributed by atoms with Gasteiger partial charge in [-0.1, -0.05) is 35.9 Å². The Kier molecular flexibility index (Phi) is 4.60. The van der Waals surface area contributed by atoms with Gasteiger partial charge in [0.1, 0.15) is 0 Å². The molecule has 1 heterocycles. The second-order valence-electron chi connectivity index (χ2n) is 5.40. The van der Waals surface area contributed by atoms with Crippen molar-refractivity contribution in [1.29, 1.82) is 0 Å². The number of amides is 1. The summed E-state index contributed by atoms with van der Waals surface area (Å²) in [5.41, 5.74) is 1.92. The van der Waals surface area contributed by atoms with Gasteiger partial charge in [-0.25, -0.2) is 4.98 Å². The van der Waals surface area contributed by atoms with Crippen LogP contribution in [0.4, 0.5) is 5.13 Å². The summed E-state index contributed by atoms with van der Waals surface area (Å²) in [6.45, 7) is 2.01. The van der Waals surface area contributed by atoms with Gasteiger partial charge in [0, 0.05) is 21.4 Å². The number of allylic oxidation sites excluding steroid dienone is 2. The molecule has 3 rings (SSSR count). The van der Waals surface area contributed by atoms with Crippen molar-refractivity contribution < 1.29 is 4.79 Å². The third-order valence-electron chi connectivity index (χ3n) is 3.78. The Morgan fingerprint density at radius 3 is 2.77 bits per heavy atom. The molecular formula is C17H17ClN2OS. The Morgan fingerprint density at radius 2 is 2.09 bits per heavy atom. The van der Waals surface area contributed by atoms with E-state index in [9.17, 15) is 4.79 Å². The molecule has 1 aromatic heterocycles. The van der Waals surface area contributed by atoms with Gasteiger partial charge in [0.15, 0.2) is 5.13 Å². The monoisotopic (exact) mass is 332 g/mol. The molecule has 5 heteroatoms.